The van der Waals surface area contributed by atoms with Gasteiger partial charge in [0, 0.05) is 31.2 Å². The molecule has 268 valence electrons. The van der Waals surface area contributed by atoms with Crippen LogP contribution in [0.2, 0.25) is 0 Å². The lowest BCUT2D eigenvalue weighted by atomic mass is 9.79. The number of carboxylic acid groups (broad SMARTS) is 1. The van der Waals surface area contributed by atoms with Crippen LogP contribution in [0.15, 0.2) is 36.4 Å². The predicted octanol–water partition coefficient (Wildman–Crippen LogP) is 8.28. The maximum Gasteiger partial charge on any atom is 0.416 e. The standard InChI is InChI=1S/C32H35F9N6O2/c1-3-24-15-27(47(29-42-44-45(2)43-29)17-20-10-22(31(36,37)38)13-23(11-20)32(39,40)41)25-14-21(30(33,34)35)8-9-26(25)46(24)16-19-6-4-18(5-7-19)12-28(48)49/h8-11,13-14,18-19,24,27H,3-7,12,15-17H2,1-2H3,(H,48,49)/t18-,19-,24-,27?/m1/s1. The summed E-state index contributed by atoms with van der Waals surface area (Å²) in [5, 5.41) is 21.1. The second-order valence-electron chi connectivity index (χ2n) is 12.8. The van der Waals surface area contributed by atoms with Crippen LogP contribution in [0.4, 0.5) is 51.1 Å². The van der Waals surface area contributed by atoms with Crippen LogP contribution in [0.1, 0.15) is 85.7 Å². The Balaban J connectivity index is 1.58. The topological polar surface area (TPSA) is 87.4 Å². The number of fused-ring (bicyclic) bond motifs is 1. The summed E-state index contributed by atoms with van der Waals surface area (Å²) in [5.41, 5.74) is -3.78. The summed E-state index contributed by atoms with van der Waals surface area (Å²) in [6.07, 6.45) is -11.3. The van der Waals surface area contributed by atoms with Crippen molar-refractivity contribution in [2.45, 2.75) is 89.0 Å². The molecule has 2 atom stereocenters. The van der Waals surface area contributed by atoms with E-state index < -0.39 is 59.3 Å². The van der Waals surface area contributed by atoms with Crippen LogP contribution in [0.5, 0.6) is 0 Å². The zero-order valence-electron chi connectivity index (χ0n) is 26.6. The summed E-state index contributed by atoms with van der Waals surface area (Å²) in [5.74, 6) is -0.867. The van der Waals surface area contributed by atoms with Gasteiger partial charge in [0.05, 0.1) is 29.8 Å². The Hall–Kier alpha value is -4.05. The molecule has 1 N–H and O–H groups in total. The van der Waals surface area contributed by atoms with Crippen LogP contribution in [-0.4, -0.2) is 43.9 Å². The van der Waals surface area contributed by atoms with Crippen molar-refractivity contribution >= 4 is 17.6 Å². The van der Waals surface area contributed by atoms with E-state index in [1.807, 2.05) is 11.8 Å². The summed E-state index contributed by atoms with van der Waals surface area (Å²) >= 11 is 0. The van der Waals surface area contributed by atoms with Gasteiger partial charge in [-0.15, -0.1) is 5.10 Å². The molecule has 0 amide bonds. The summed E-state index contributed by atoms with van der Waals surface area (Å²) in [6, 6.07) is 3.20. The molecule has 1 aliphatic carbocycles. The molecule has 2 aliphatic rings. The third-order valence-electron chi connectivity index (χ3n) is 9.45. The van der Waals surface area contributed by atoms with Crippen molar-refractivity contribution in [2.24, 2.45) is 18.9 Å². The van der Waals surface area contributed by atoms with Crippen LogP contribution in [-0.2, 0) is 36.9 Å². The summed E-state index contributed by atoms with van der Waals surface area (Å²) < 4.78 is 125. The van der Waals surface area contributed by atoms with Gasteiger partial charge in [-0.25, -0.2) is 0 Å². The molecule has 1 unspecified atom stereocenters. The summed E-state index contributed by atoms with van der Waals surface area (Å²) in [7, 11) is 1.40. The smallest absolute Gasteiger partial charge is 0.416 e. The van der Waals surface area contributed by atoms with E-state index in [1.54, 1.807) is 0 Å². The first-order valence-corrected chi connectivity index (χ1v) is 15.8. The quantitative estimate of drug-likeness (QED) is 0.224. The third-order valence-corrected chi connectivity index (χ3v) is 9.45. The van der Waals surface area contributed by atoms with E-state index in [9.17, 15) is 49.4 Å². The zero-order chi connectivity index (χ0) is 35.9. The fourth-order valence-corrected chi connectivity index (χ4v) is 7.06. The molecule has 1 fully saturated rings. The second kappa shape index (κ2) is 13.7. The third kappa shape index (κ3) is 8.40. The minimum atomic E-state index is -5.11. The number of alkyl halides is 9. The van der Waals surface area contributed by atoms with Gasteiger partial charge < -0.3 is 14.9 Å². The largest absolute Gasteiger partial charge is 0.481 e. The van der Waals surface area contributed by atoms with Gasteiger partial charge >= 0.3 is 24.5 Å². The molecule has 1 aromatic heterocycles. The molecule has 3 aromatic rings. The van der Waals surface area contributed by atoms with Gasteiger partial charge in [0.2, 0.25) is 0 Å². The minimum absolute atomic E-state index is 0.0140. The lowest BCUT2D eigenvalue weighted by Crippen LogP contribution is -2.47. The van der Waals surface area contributed by atoms with E-state index in [2.05, 4.69) is 15.4 Å². The Morgan fingerprint density at radius 3 is 1.98 bits per heavy atom. The average molecular weight is 707 g/mol. The highest BCUT2D eigenvalue weighted by Crippen LogP contribution is 2.47. The van der Waals surface area contributed by atoms with Crippen molar-refractivity contribution in [3.63, 3.8) is 0 Å². The number of aliphatic carboxylic acids is 1. The molecule has 5 rings (SSSR count). The lowest BCUT2D eigenvalue weighted by molar-refractivity contribution is -0.143. The maximum atomic E-state index is 14.1. The van der Waals surface area contributed by atoms with Gasteiger partial charge in [0.15, 0.2) is 0 Å². The number of rotatable bonds is 9. The Labute approximate surface area is 275 Å². The molecular formula is C32H35F9N6O2. The molecule has 1 saturated carbocycles. The monoisotopic (exact) mass is 706 g/mol. The molecule has 0 bridgehead atoms. The number of hydrogen-bond donors (Lipinski definition) is 1. The highest BCUT2D eigenvalue weighted by molar-refractivity contribution is 5.67. The molecule has 1 aliphatic heterocycles. The normalized spacial score (nSPS) is 21.8. The van der Waals surface area contributed by atoms with Gasteiger partial charge in [-0.05, 0) is 103 Å². The first-order chi connectivity index (χ1) is 22.8. The van der Waals surface area contributed by atoms with Crippen LogP contribution in [0, 0.1) is 11.8 Å². The van der Waals surface area contributed by atoms with Crippen molar-refractivity contribution in [1.82, 2.24) is 20.2 Å². The molecule has 2 heterocycles. The first kappa shape index (κ1) is 36.2. The van der Waals surface area contributed by atoms with E-state index in [-0.39, 0.29) is 48.3 Å². The van der Waals surface area contributed by atoms with E-state index in [4.69, 9.17) is 0 Å². The molecule has 0 saturated heterocycles. The molecule has 17 heteroatoms. The van der Waals surface area contributed by atoms with Crippen LogP contribution >= 0.6 is 0 Å². The van der Waals surface area contributed by atoms with Gasteiger partial charge in [-0.1, -0.05) is 12.0 Å². The molecule has 0 spiro atoms. The fourth-order valence-electron chi connectivity index (χ4n) is 7.06. The predicted molar refractivity (Wildman–Crippen MR) is 159 cm³/mol. The molecule has 0 radical (unpaired) electrons. The fraction of sp³-hybridized carbons (Fsp3) is 0.562. The van der Waals surface area contributed by atoms with Crippen molar-refractivity contribution in [2.75, 3.05) is 16.3 Å². The van der Waals surface area contributed by atoms with Crippen LogP contribution < -0.4 is 9.80 Å². The number of carbonyl (C=O) groups is 1. The molecular weight excluding hydrogens is 671 g/mol. The molecule has 8 nitrogen and oxygen atoms in total. The van der Waals surface area contributed by atoms with Crippen molar-refractivity contribution < 1.29 is 49.4 Å². The van der Waals surface area contributed by atoms with Crippen LogP contribution in [0.3, 0.4) is 0 Å². The summed E-state index contributed by atoms with van der Waals surface area (Å²) in [4.78, 5) is 15.6. The number of benzene rings is 2. The Morgan fingerprint density at radius 2 is 1.47 bits per heavy atom. The summed E-state index contributed by atoms with van der Waals surface area (Å²) in [6.45, 7) is 1.78. The van der Waals surface area contributed by atoms with E-state index >= 15 is 0 Å². The van der Waals surface area contributed by atoms with Crippen molar-refractivity contribution in [3.05, 3.63) is 64.2 Å². The highest BCUT2D eigenvalue weighted by Gasteiger charge is 2.42. The zero-order valence-corrected chi connectivity index (χ0v) is 26.6. The first-order valence-electron chi connectivity index (χ1n) is 15.8. The van der Waals surface area contributed by atoms with Crippen molar-refractivity contribution in [3.8, 4) is 0 Å². The maximum absolute atomic E-state index is 14.1. The van der Waals surface area contributed by atoms with E-state index in [0.29, 0.717) is 43.6 Å². The number of tetrazole rings is 1. The number of halogens is 9. The number of anilines is 2. The van der Waals surface area contributed by atoms with Gasteiger partial charge in [0.1, 0.15) is 0 Å². The highest BCUT2D eigenvalue weighted by atomic mass is 19.4. The van der Waals surface area contributed by atoms with E-state index in [0.717, 1.165) is 29.8 Å². The number of aromatic nitrogens is 4. The minimum Gasteiger partial charge on any atom is -0.481 e. The van der Waals surface area contributed by atoms with Gasteiger partial charge in [0.25, 0.3) is 5.95 Å². The average Bonchev–Trinajstić information content (AvgIpc) is 3.45. The Morgan fingerprint density at radius 1 is 0.878 bits per heavy atom. The number of nitrogens with zero attached hydrogens (tertiary/aromatic N) is 6. The molecule has 49 heavy (non-hydrogen) atoms. The molecule has 2 aromatic carbocycles. The number of aryl methyl sites for hydroxylation is 1. The number of carboxylic acids is 1. The van der Waals surface area contributed by atoms with Crippen molar-refractivity contribution in [1.29, 1.82) is 0 Å². The SMILES string of the molecule is CC[C@@H]1CC(N(Cc2cc(C(F)(F)F)cc(C(F)(F)F)c2)c2nnn(C)n2)c2cc(C(F)(F)F)ccc2N1C[C@H]1CC[C@H](CC(=O)O)CC1. The van der Waals surface area contributed by atoms with Gasteiger partial charge in [-0.2, -0.15) is 44.3 Å². The van der Waals surface area contributed by atoms with E-state index in [1.165, 1.54) is 18.0 Å². The second-order valence-corrected chi connectivity index (χ2v) is 12.8. The number of hydrogen-bond acceptors (Lipinski definition) is 6. The van der Waals surface area contributed by atoms with Gasteiger partial charge in [-0.3, -0.25) is 4.79 Å². The lowest BCUT2D eigenvalue weighted by Gasteiger charge is -2.47. The van der Waals surface area contributed by atoms with Crippen LogP contribution in [0.25, 0.3) is 0 Å². The Bertz CT molecular complexity index is 1600. The Kier molecular flexibility index (Phi) is 10.1.